The zero-order valence-electron chi connectivity index (χ0n) is 15.0. The minimum Gasteiger partial charge on any atom is -0.444 e. The van der Waals surface area contributed by atoms with Gasteiger partial charge in [-0.1, -0.05) is 12.1 Å². The Morgan fingerprint density at radius 3 is 1.96 bits per heavy atom. The molecule has 8 heteroatoms. The lowest BCUT2D eigenvalue weighted by Gasteiger charge is -2.34. The van der Waals surface area contributed by atoms with Crippen molar-refractivity contribution in [2.45, 2.75) is 38.2 Å². The molecule has 2 rings (SSSR count). The number of carbonyl (C=O) groups is 2. The molecular formula is C17H24N2O5S. The van der Waals surface area contributed by atoms with Crippen LogP contribution in [0.3, 0.4) is 0 Å². The van der Waals surface area contributed by atoms with E-state index in [1.54, 1.807) is 20.8 Å². The number of benzene rings is 1. The van der Waals surface area contributed by atoms with Gasteiger partial charge in [0.2, 0.25) is 10.0 Å². The van der Waals surface area contributed by atoms with Crippen molar-refractivity contribution < 1.29 is 22.7 Å². The van der Waals surface area contributed by atoms with Gasteiger partial charge < -0.3 is 9.64 Å². The standard InChI is InChI=1S/C17H24N2O5S/c1-13(20)14-5-7-15(8-6-14)25(22,23)19-11-9-18(10-12-19)16(21)24-17(2,3)4/h5-8H,9-12H2,1-4H3. The van der Waals surface area contributed by atoms with Gasteiger partial charge in [0.15, 0.2) is 5.78 Å². The fourth-order valence-electron chi connectivity index (χ4n) is 2.45. The van der Waals surface area contributed by atoms with Crippen molar-refractivity contribution in [1.82, 2.24) is 9.21 Å². The molecule has 0 spiro atoms. The van der Waals surface area contributed by atoms with Gasteiger partial charge in [-0.2, -0.15) is 4.31 Å². The number of nitrogens with zero attached hydrogens (tertiary/aromatic N) is 2. The van der Waals surface area contributed by atoms with Crippen LogP contribution in [0, 0.1) is 0 Å². The summed E-state index contributed by atoms with van der Waals surface area (Å²) in [4.78, 5) is 25.0. The highest BCUT2D eigenvalue weighted by molar-refractivity contribution is 7.89. The number of rotatable bonds is 3. The van der Waals surface area contributed by atoms with Crippen LogP contribution in [0.25, 0.3) is 0 Å². The van der Waals surface area contributed by atoms with Crippen LogP contribution in [0.15, 0.2) is 29.2 Å². The lowest BCUT2D eigenvalue weighted by atomic mass is 10.2. The van der Waals surface area contributed by atoms with E-state index >= 15 is 0 Å². The van der Waals surface area contributed by atoms with Crippen molar-refractivity contribution in [1.29, 1.82) is 0 Å². The van der Waals surface area contributed by atoms with Crippen LogP contribution in [-0.2, 0) is 14.8 Å². The van der Waals surface area contributed by atoms with Crippen LogP contribution >= 0.6 is 0 Å². The molecule has 0 aromatic heterocycles. The number of hydrogen-bond acceptors (Lipinski definition) is 5. The van der Waals surface area contributed by atoms with Crippen molar-refractivity contribution in [3.63, 3.8) is 0 Å². The average Bonchev–Trinajstić information content (AvgIpc) is 2.53. The molecule has 7 nitrogen and oxygen atoms in total. The van der Waals surface area contributed by atoms with Gasteiger partial charge in [0, 0.05) is 31.7 Å². The molecule has 1 aromatic rings. The fourth-order valence-corrected chi connectivity index (χ4v) is 3.87. The highest BCUT2D eigenvalue weighted by atomic mass is 32.2. The smallest absolute Gasteiger partial charge is 0.410 e. The Hall–Kier alpha value is -1.93. The molecule has 0 N–H and O–H groups in total. The fraction of sp³-hybridized carbons (Fsp3) is 0.529. The van der Waals surface area contributed by atoms with Crippen molar-refractivity contribution in [2.24, 2.45) is 0 Å². The number of ether oxygens (including phenoxy) is 1. The summed E-state index contributed by atoms with van der Waals surface area (Å²) in [5.74, 6) is -0.116. The first-order chi connectivity index (χ1) is 11.5. The lowest BCUT2D eigenvalue weighted by Crippen LogP contribution is -2.51. The van der Waals surface area contributed by atoms with Crippen LogP contribution in [0.1, 0.15) is 38.1 Å². The van der Waals surface area contributed by atoms with Gasteiger partial charge in [-0.15, -0.1) is 0 Å². The molecule has 138 valence electrons. The van der Waals surface area contributed by atoms with Gasteiger partial charge in [0.25, 0.3) is 0 Å². The monoisotopic (exact) mass is 368 g/mol. The number of Topliss-reactive ketones (excluding diaryl/α,β-unsaturated/α-hetero) is 1. The van der Waals surface area contributed by atoms with E-state index in [4.69, 9.17) is 4.74 Å². The lowest BCUT2D eigenvalue weighted by molar-refractivity contribution is 0.0192. The normalized spacial score (nSPS) is 16.6. The third-order valence-corrected chi connectivity index (χ3v) is 5.70. The molecular weight excluding hydrogens is 344 g/mol. The minimum atomic E-state index is -3.65. The molecule has 0 saturated carbocycles. The Labute approximate surface area is 148 Å². The predicted molar refractivity (Wildman–Crippen MR) is 93.0 cm³/mol. The average molecular weight is 368 g/mol. The van der Waals surface area contributed by atoms with E-state index in [0.29, 0.717) is 5.56 Å². The third-order valence-electron chi connectivity index (χ3n) is 3.79. The van der Waals surface area contributed by atoms with E-state index in [0.717, 1.165) is 0 Å². The summed E-state index contributed by atoms with van der Waals surface area (Å²) < 4.78 is 32.0. The van der Waals surface area contributed by atoms with Crippen LogP contribution in [0.2, 0.25) is 0 Å². The SMILES string of the molecule is CC(=O)c1ccc(S(=O)(=O)N2CCN(C(=O)OC(C)(C)C)CC2)cc1. The van der Waals surface area contributed by atoms with Crippen molar-refractivity contribution in [3.8, 4) is 0 Å². The second-order valence-corrected chi connectivity index (χ2v) is 8.89. The van der Waals surface area contributed by atoms with Gasteiger partial charge in [0.05, 0.1) is 4.90 Å². The second-order valence-electron chi connectivity index (χ2n) is 6.95. The highest BCUT2D eigenvalue weighted by Crippen LogP contribution is 2.19. The van der Waals surface area contributed by atoms with Gasteiger partial charge in [-0.05, 0) is 39.8 Å². The van der Waals surface area contributed by atoms with E-state index < -0.39 is 21.7 Å². The van der Waals surface area contributed by atoms with Gasteiger partial charge >= 0.3 is 6.09 Å². The van der Waals surface area contributed by atoms with Crippen LogP contribution in [0.4, 0.5) is 4.79 Å². The van der Waals surface area contributed by atoms with E-state index in [2.05, 4.69) is 0 Å². The van der Waals surface area contributed by atoms with E-state index in [9.17, 15) is 18.0 Å². The van der Waals surface area contributed by atoms with Gasteiger partial charge in [-0.3, -0.25) is 4.79 Å². The van der Waals surface area contributed by atoms with Crippen LogP contribution in [-0.4, -0.2) is 61.3 Å². The first kappa shape index (κ1) is 19.4. The maximum absolute atomic E-state index is 12.7. The summed E-state index contributed by atoms with van der Waals surface area (Å²) in [7, 11) is -3.65. The molecule has 0 radical (unpaired) electrons. The molecule has 25 heavy (non-hydrogen) atoms. The number of piperazine rings is 1. The third kappa shape index (κ3) is 4.79. The maximum atomic E-state index is 12.7. The Kier molecular flexibility index (Phi) is 5.53. The largest absolute Gasteiger partial charge is 0.444 e. The second kappa shape index (κ2) is 7.13. The first-order valence-electron chi connectivity index (χ1n) is 8.10. The molecule has 1 heterocycles. The van der Waals surface area contributed by atoms with Crippen molar-refractivity contribution >= 4 is 21.9 Å². The van der Waals surface area contributed by atoms with Gasteiger partial charge in [0.1, 0.15) is 5.60 Å². The summed E-state index contributed by atoms with van der Waals surface area (Å²) in [6.07, 6.45) is -0.435. The summed E-state index contributed by atoms with van der Waals surface area (Å²) in [5.41, 5.74) is -0.118. The molecule has 1 aromatic carbocycles. The van der Waals surface area contributed by atoms with Crippen molar-refractivity contribution in [2.75, 3.05) is 26.2 Å². The molecule has 1 amide bonds. The summed E-state index contributed by atoms with van der Waals surface area (Å²) >= 11 is 0. The summed E-state index contributed by atoms with van der Waals surface area (Å²) in [6.45, 7) is 7.76. The van der Waals surface area contributed by atoms with Crippen LogP contribution < -0.4 is 0 Å². The number of carbonyl (C=O) groups excluding carboxylic acids is 2. The molecule has 1 saturated heterocycles. The zero-order valence-corrected chi connectivity index (χ0v) is 15.8. The molecule has 0 bridgehead atoms. The Balaban J connectivity index is 2.03. The van der Waals surface area contributed by atoms with Gasteiger partial charge in [-0.25, -0.2) is 13.2 Å². The molecule has 1 aliphatic heterocycles. The Morgan fingerprint density at radius 1 is 1.00 bits per heavy atom. The highest BCUT2D eigenvalue weighted by Gasteiger charge is 2.31. The molecule has 1 aliphatic rings. The summed E-state index contributed by atoms with van der Waals surface area (Å²) in [5, 5.41) is 0. The zero-order chi connectivity index (χ0) is 18.8. The Morgan fingerprint density at radius 2 is 1.52 bits per heavy atom. The number of ketones is 1. The first-order valence-corrected chi connectivity index (χ1v) is 9.54. The Bertz CT molecular complexity index is 742. The van der Waals surface area contributed by atoms with Crippen LogP contribution in [0.5, 0.6) is 0 Å². The quantitative estimate of drug-likeness (QED) is 0.763. The number of amides is 1. The molecule has 1 fully saturated rings. The number of hydrogen-bond donors (Lipinski definition) is 0. The molecule has 0 unspecified atom stereocenters. The van der Waals surface area contributed by atoms with E-state index in [-0.39, 0.29) is 36.9 Å². The van der Waals surface area contributed by atoms with E-state index in [1.165, 1.54) is 40.4 Å². The predicted octanol–water partition coefficient (Wildman–Crippen LogP) is 2.13. The van der Waals surface area contributed by atoms with Crippen molar-refractivity contribution in [3.05, 3.63) is 29.8 Å². The topological polar surface area (TPSA) is 84.0 Å². The molecule has 0 atom stereocenters. The minimum absolute atomic E-state index is 0.116. The maximum Gasteiger partial charge on any atom is 0.410 e. The number of sulfonamides is 1. The van der Waals surface area contributed by atoms with E-state index in [1.807, 2.05) is 0 Å². The molecule has 0 aliphatic carbocycles. The summed E-state index contributed by atoms with van der Waals surface area (Å²) in [6, 6.07) is 5.89.